The van der Waals surface area contributed by atoms with Gasteiger partial charge in [-0.2, -0.15) is 5.10 Å². The SMILES string of the molecule is Cc1c(C(=O)N(C)CC2CC2C)cnn1CCCN. The lowest BCUT2D eigenvalue weighted by atomic mass is 10.2. The quantitative estimate of drug-likeness (QED) is 0.841. The number of amides is 1. The topological polar surface area (TPSA) is 64.2 Å². The molecule has 0 aliphatic heterocycles. The number of hydrogen-bond donors (Lipinski definition) is 1. The van der Waals surface area contributed by atoms with Crippen LogP contribution in [0.1, 0.15) is 35.8 Å². The third-order valence-corrected chi connectivity index (χ3v) is 4.04. The standard InChI is InChI=1S/C14H24N4O/c1-10-7-12(10)9-17(3)14(19)13-8-16-18(11(13)2)6-4-5-15/h8,10,12H,4-7,9,15H2,1-3H3. The largest absolute Gasteiger partial charge is 0.341 e. The van der Waals surface area contributed by atoms with Crippen LogP contribution in [0.3, 0.4) is 0 Å². The lowest BCUT2D eigenvalue weighted by Gasteiger charge is -2.16. The van der Waals surface area contributed by atoms with Gasteiger partial charge in [0.15, 0.2) is 0 Å². The number of carbonyl (C=O) groups is 1. The molecule has 1 saturated carbocycles. The molecule has 2 unspecified atom stereocenters. The van der Waals surface area contributed by atoms with Gasteiger partial charge in [0.1, 0.15) is 0 Å². The summed E-state index contributed by atoms with van der Waals surface area (Å²) < 4.78 is 1.87. The van der Waals surface area contributed by atoms with Crippen molar-refractivity contribution in [2.24, 2.45) is 17.6 Å². The first-order valence-electron chi connectivity index (χ1n) is 7.02. The summed E-state index contributed by atoms with van der Waals surface area (Å²) in [4.78, 5) is 14.2. The summed E-state index contributed by atoms with van der Waals surface area (Å²) >= 11 is 0. The molecule has 0 spiro atoms. The van der Waals surface area contributed by atoms with Crippen LogP contribution in [0.4, 0.5) is 0 Å². The fraction of sp³-hybridized carbons (Fsp3) is 0.714. The van der Waals surface area contributed by atoms with Gasteiger partial charge >= 0.3 is 0 Å². The highest BCUT2D eigenvalue weighted by Crippen LogP contribution is 2.38. The number of hydrogen-bond acceptors (Lipinski definition) is 3. The first kappa shape index (κ1) is 14.1. The molecular formula is C14H24N4O. The Morgan fingerprint density at radius 1 is 1.63 bits per heavy atom. The molecule has 1 aromatic rings. The Kier molecular flexibility index (Phi) is 4.24. The second-order valence-corrected chi connectivity index (χ2v) is 5.67. The van der Waals surface area contributed by atoms with E-state index in [2.05, 4.69) is 12.0 Å². The van der Waals surface area contributed by atoms with Gasteiger partial charge in [0.05, 0.1) is 11.8 Å². The minimum absolute atomic E-state index is 0.0793. The summed E-state index contributed by atoms with van der Waals surface area (Å²) in [7, 11) is 1.88. The van der Waals surface area contributed by atoms with Gasteiger partial charge in [-0.25, -0.2) is 0 Å². The van der Waals surface area contributed by atoms with Crippen LogP contribution in [-0.4, -0.2) is 40.7 Å². The van der Waals surface area contributed by atoms with Crippen LogP contribution < -0.4 is 5.73 Å². The Bertz CT molecular complexity index is 454. The number of aryl methyl sites for hydroxylation is 1. The Labute approximate surface area is 114 Å². The molecule has 106 valence electrons. The maximum absolute atomic E-state index is 12.4. The summed E-state index contributed by atoms with van der Waals surface area (Å²) in [5.41, 5.74) is 7.15. The summed E-state index contributed by atoms with van der Waals surface area (Å²) in [6.07, 6.45) is 3.80. The molecule has 2 rings (SSSR count). The van der Waals surface area contributed by atoms with Crippen molar-refractivity contribution >= 4 is 5.91 Å². The van der Waals surface area contributed by atoms with Crippen LogP contribution in [0.25, 0.3) is 0 Å². The van der Waals surface area contributed by atoms with Gasteiger partial charge in [0, 0.05) is 25.8 Å². The first-order valence-corrected chi connectivity index (χ1v) is 7.02. The zero-order valence-corrected chi connectivity index (χ0v) is 12.1. The maximum atomic E-state index is 12.4. The molecule has 2 N–H and O–H groups in total. The van der Waals surface area contributed by atoms with E-state index in [4.69, 9.17) is 5.73 Å². The van der Waals surface area contributed by atoms with E-state index >= 15 is 0 Å². The van der Waals surface area contributed by atoms with Crippen molar-refractivity contribution in [2.75, 3.05) is 20.1 Å². The Morgan fingerprint density at radius 3 is 2.89 bits per heavy atom. The zero-order chi connectivity index (χ0) is 14.0. The van der Waals surface area contributed by atoms with Crippen LogP contribution in [0.15, 0.2) is 6.20 Å². The Hall–Kier alpha value is -1.36. The molecule has 1 aromatic heterocycles. The maximum Gasteiger partial charge on any atom is 0.257 e. The van der Waals surface area contributed by atoms with Crippen molar-refractivity contribution in [1.82, 2.24) is 14.7 Å². The van der Waals surface area contributed by atoms with E-state index in [0.717, 1.165) is 31.1 Å². The molecule has 0 bridgehead atoms. The van der Waals surface area contributed by atoms with Gasteiger partial charge in [-0.15, -0.1) is 0 Å². The molecule has 5 nitrogen and oxygen atoms in total. The average Bonchev–Trinajstić information content (AvgIpc) is 2.95. The molecule has 2 atom stereocenters. The van der Waals surface area contributed by atoms with E-state index in [-0.39, 0.29) is 5.91 Å². The van der Waals surface area contributed by atoms with Crippen molar-refractivity contribution in [3.05, 3.63) is 17.5 Å². The van der Waals surface area contributed by atoms with E-state index in [1.165, 1.54) is 6.42 Å². The van der Waals surface area contributed by atoms with Crippen molar-refractivity contribution in [2.45, 2.75) is 33.2 Å². The van der Waals surface area contributed by atoms with Crippen molar-refractivity contribution in [1.29, 1.82) is 0 Å². The van der Waals surface area contributed by atoms with E-state index in [0.29, 0.717) is 18.0 Å². The highest BCUT2D eigenvalue weighted by Gasteiger charge is 2.34. The smallest absolute Gasteiger partial charge is 0.257 e. The minimum Gasteiger partial charge on any atom is -0.341 e. The highest BCUT2D eigenvalue weighted by molar-refractivity contribution is 5.94. The van der Waals surface area contributed by atoms with E-state index in [1.54, 1.807) is 6.20 Å². The zero-order valence-electron chi connectivity index (χ0n) is 12.1. The fourth-order valence-corrected chi connectivity index (χ4v) is 2.42. The van der Waals surface area contributed by atoms with Crippen LogP contribution >= 0.6 is 0 Å². The van der Waals surface area contributed by atoms with Gasteiger partial charge in [-0.05, 0) is 38.1 Å². The van der Waals surface area contributed by atoms with Gasteiger partial charge in [0.25, 0.3) is 5.91 Å². The molecule has 1 amide bonds. The minimum atomic E-state index is 0.0793. The molecule has 5 heteroatoms. The van der Waals surface area contributed by atoms with Crippen molar-refractivity contribution < 1.29 is 4.79 Å². The normalized spacial score (nSPS) is 21.5. The van der Waals surface area contributed by atoms with Gasteiger partial charge in [-0.3, -0.25) is 9.48 Å². The number of nitrogens with two attached hydrogens (primary N) is 1. The number of carbonyl (C=O) groups excluding carboxylic acids is 1. The van der Waals surface area contributed by atoms with Crippen molar-refractivity contribution in [3.8, 4) is 0 Å². The van der Waals surface area contributed by atoms with E-state index in [1.807, 2.05) is 23.6 Å². The van der Waals surface area contributed by atoms with Gasteiger partial charge in [0.2, 0.25) is 0 Å². The summed E-state index contributed by atoms with van der Waals surface area (Å²) in [6.45, 7) is 6.46. The first-order chi connectivity index (χ1) is 9.04. The number of aromatic nitrogens is 2. The predicted octanol–water partition coefficient (Wildman–Crippen LogP) is 1.27. The van der Waals surface area contributed by atoms with Crippen LogP contribution in [0.5, 0.6) is 0 Å². The molecule has 19 heavy (non-hydrogen) atoms. The molecular weight excluding hydrogens is 240 g/mol. The molecule has 0 saturated heterocycles. The van der Waals surface area contributed by atoms with Crippen LogP contribution in [-0.2, 0) is 6.54 Å². The fourth-order valence-electron chi connectivity index (χ4n) is 2.42. The number of rotatable bonds is 6. The second-order valence-electron chi connectivity index (χ2n) is 5.67. The lowest BCUT2D eigenvalue weighted by molar-refractivity contribution is 0.0786. The third kappa shape index (κ3) is 3.15. The van der Waals surface area contributed by atoms with Crippen LogP contribution in [0, 0.1) is 18.8 Å². The van der Waals surface area contributed by atoms with Crippen LogP contribution in [0.2, 0.25) is 0 Å². The predicted molar refractivity (Wildman–Crippen MR) is 74.9 cm³/mol. The molecule has 1 fully saturated rings. The van der Waals surface area contributed by atoms with E-state index < -0.39 is 0 Å². The molecule has 0 radical (unpaired) electrons. The third-order valence-electron chi connectivity index (χ3n) is 4.04. The molecule has 0 aromatic carbocycles. The van der Waals surface area contributed by atoms with Gasteiger partial charge in [-0.1, -0.05) is 6.92 Å². The van der Waals surface area contributed by atoms with Crippen molar-refractivity contribution in [3.63, 3.8) is 0 Å². The Balaban J connectivity index is 2.00. The van der Waals surface area contributed by atoms with E-state index in [9.17, 15) is 4.79 Å². The average molecular weight is 264 g/mol. The van der Waals surface area contributed by atoms with Gasteiger partial charge < -0.3 is 10.6 Å². The molecule has 1 heterocycles. The number of nitrogens with zero attached hydrogens (tertiary/aromatic N) is 3. The Morgan fingerprint density at radius 2 is 2.32 bits per heavy atom. The molecule has 1 aliphatic carbocycles. The molecule has 1 aliphatic rings. The lowest BCUT2D eigenvalue weighted by Crippen LogP contribution is -2.29. The monoisotopic (exact) mass is 264 g/mol. The summed E-state index contributed by atoms with van der Waals surface area (Å²) in [5, 5.41) is 4.28. The summed E-state index contributed by atoms with van der Waals surface area (Å²) in [5.74, 6) is 1.53. The summed E-state index contributed by atoms with van der Waals surface area (Å²) in [6, 6.07) is 0. The highest BCUT2D eigenvalue weighted by atomic mass is 16.2. The second kappa shape index (κ2) is 5.74.